The van der Waals surface area contributed by atoms with Gasteiger partial charge in [-0.3, -0.25) is 20.2 Å². The summed E-state index contributed by atoms with van der Waals surface area (Å²) >= 11 is 0. The number of nitro groups is 2. The maximum absolute atomic E-state index is 10.8. The minimum absolute atomic E-state index is 0.242. The van der Waals surface area contributed by atoms with Gasteiger partial charge in [0.2, 0.25) is 5.69 Å². The second kappa shape index (κ2) is 4.51. The van der Waals surface area contributed by atoms with Crippen LogP contribution >= 0.6 is 0 Å². The SMILES string of the molecule is Cc1cc([N+](=O)[O-])c(NN=O)c([N+](=O)[O-])c1C. The Morgan fingerprint density at radius 1 is 1.24 bits per heavy atom. The lowest BCUT2D eigenvalue weighted by Crippen LogP contribution is -2.04. The third-order valence-corrected chi connectivity index (χ3v) is 2.33. The van der Waals surface area contributed by atoms with Gasteiger partial charge in [0, 0.05) is 11.6 Å². The number of rotatable bonds is 4. The Kier molecular flexibility index (Phi) is 3.31. The van der Waals surface area contributed by atoms with Crippen molar-refractivity contribution in [2.75, 3.05) is 5.43 Å². The van der Waals surface area contributed by atoms with Crippen molar-refractivity contribution in [2.24, 2.45) is 5.29 Å². The molecule has 0 aromatic heterocycles. The average molecular weight is 240 g/mol. The molecule has 0 saturated carbocycles. The molecule has 0 aliphatic heterocycles. The number of hydrogen-bond donors (Lipinski definition) is 1. The van der Waals surface area contributed by atoms with E-state index in [1.165, 1.54) is 13.8 Å². The molecule has 0 saturated heterocycles. The first kappa shape index (κ1) is 12.5. The van der Waals surface area contributed by atoms with Gasteiger partial charge in [-0.05, 0) is 19.4 Å². The molecule has 1 aromatic rings. The zero-order valence-electron chi connectivity index (χ0n) is 8.96. The molecule has 9 nitrogen and oxygen atoms in total. The van der Waals surface area contributed by atoms with Gasteiger partial charge in [0.05, 0.1) is 15.1 Å². The number of nitro benzene ring substituents is 2. The molecule has 0 atom stereocenters. The predicted molar refractivity (Wildman–Crippen MR) is 58.6 cm³/mol. The highest BCUT2D eigenvalue weighted by atomic mass is 16.6. The van der Waals surface area contributed by atoms with Crippen LogP contribution in [0.25, 0.3) is 0 Å². The van der Waals surface area contributed by atoms with Crippen molar-refractivity contribution in [2.45, 2.75) is 13.8 Å². The average Bonchev–Trinajstić information content (AvgIpc) is 2.22. The second-order valence-electron chi connectivity index (χ2n) is 3.28. The van der Waals surface area contributed by atoms with Gasteiger partial charge in [0.25, 0.3) is 0 Å². The van der Waals surface area contributed by atoms with Gasteiger partial charge in [-0.25, -0.2) is 5.43 Å². The molecule has 0 spiro atoms. The molecular weight excluding hydrogens is 232 g/mol. The van der Waals surface area contributed by atoms with Crippen molar-refractivity contribution in [3.8, 4) is 0 Å². The summed E-state index contributed by atoms with van der Waals surface area (Å²) in [5.41, 5.74) is 0.817. The number of hydrogen-bond acceptors (Lipinski definition) is 6. The van der Waals surface area contributed by atoms with E-state index in [2.05, 4.69) is 5.29 Å². The van der Waals surface area contributed by atoms with Gasteiger partial charge < -0.3 is 0 Å². The van der Waals surface area contributed by atoms with Crippen LogP contribution in [-0.2, 0) is 0 Å². The van der Waals surface area contributed by atoms with E-state index in [1.54, 1.807) is 5.43 Å². The molecule has 0 unspecified atom stereocenters. The number of nitroso groups, excluding NO2 is 1. The van der Waals surface area contributed by atoms with Crippen LogP contribution in [0.1, 0.15) is 11.1 Å². The molecule has 0 fully saturated rings. The molecule has 90 valence electrons. The summed E-state index contributed by atoms with van der Waals surface area (Å²) in [7, 11) is 0. The zero-order valence-corrected chi connectivity index (χ0v) is 8.96. The summed E-state index contributed by atoms with van der Waals surface area (Å²) in [6, 6.07) is 1.15. The number of nitrogens with zero attached hydrogens (tertiary/aromatic N) is 3. The summed E-state index contributed by atoms with van der Waals surface area (Å²) in [5, 5.41) is 23.8. The first-order valence-electron chi connectivity index (χ1n) is 4.41. The number of anilines is 1. The Morgan fingerprint density at radius 2 is 1.82 bits per heavy atom. The molecule has 0 bridgehead atoms. The van der Waals surface area contributed by atoms with Gasteiger partial charge in [0.1, 0.15) is 0 Å². The molecule has 0 aliphatic rings. The Morgan fingerprint density at radius 3 is 2.24 bits per heavy atom. The normalized spacial score (nSPS) is 9.76. The van der Waals surface area contributed by atoms with Crippen molar-refractivity contribution < 1.29 is 9.85 Å². The minimum atomic E-state index is -0.813. The Hall–Kier alpha value is -2.58. The van der Waals surface area contributed by atoms with E-state index in [0.29, 0.717) is 5.56 Å². The van der Waals surface area contributed by atoms with Crippen LogP contribution in [0, 0.1) is 39.0 Å². The standard InChI is InChI=1S/C8H8N4O5/c1-4-3-6(11(14)15)7(9-10-13)8(5(4)2)12(16)17/h3H,1-2H3,(H,9,13). The van der Waals surface area contributed by atoms with Gasteiger partial charge in [-0.2, -0.15) is 0 Å². The third-order valence-electron chi connectivity index (χ3n) is 2.33. The Bertz CT molecular complexity index is 513. The molecule has 1 rings (SSSR count). The molecular formula is C8H8N4O5. The molecule has 0 aliphatic carbocycles. The molecule has 1 aromatic carbocycles. The summed E-state index contributed by atoms with van der Waals surface area (Å²) < 4.78 is 0. The minimum Gasteiger partial charge on any atom is -0.258 e. The smallest absolute Gasteiger partial charge is 0.258 e. The summed E-state index contributed by atoms with van der Waals surface area (Å²) in [6.45, 7) is 2.95. The molecule has 9 heteroatoms. The lowest BCUT2D eigenvalue weighted by atomic mass is 10.1. The maximum atomic E-state index is 10.8. The topological polar surface area (TPSA) is 128 Å². The third kappa shape index (κ3) is 2.17. The zero-order chi connectivity index (χ0) is 13.2. The van der Waals surface area contributed by atoms with E-state index in [-0.39, 0.29) is 5.56 Å². The second-order valence-corrected chi connectivity index (χ2v) is 3.28. The van der Waals surface area contributed by atoms with Crippen molar-refractivity contribution in [1.82, 2.24) is 0 Å². The van der Waals surface area contributed by atoms with E-state index in [4.69, 9.17) is 0 Å². The largest absolute Gasteiger partial charge is 0.304 e. The molecule has 17 heavy (non-hydrogen) atoms. The Balaban J connectivity index is 3.69. The van der Waals surface area contributed by atoms with E-state index >= 15 is 0 Å². The van der Waals surface area contributed by atoms with Crippen molar-refractivity contribution >= 4 is 17.1 Å². The Labute approximate surface area is 94.7 Å². The number of aryl methyl sites for hydroxylation is 1. The summed E-state index contributed by atoms with van der Waals surface area (Å²) in [4.78, 5) is 30.1. The van der Waals surface area contributed by atoms with Gasteiger partial charge in [-0.1, -0.05) is 0 Å². The quantitative estimate of drug-likeness (QED) is 0.488. The van der Waals surface area contributed by atoms with Crippen LogP contribution < -0.4 is 5.43 Å². The van der Waals surface area contributed by atoms with E-state index in [0.717, 1.165) is 6.07 Å². The predicted octanol–water partition coefficient (Wildman–Crippen LogP) is 2.21. The van der Waals surface area contributed by atoms with Crippen LogP contribution in [-0.4, -0.2) is 9.85 Å². The fourth-order valence-corrected chi connectivity index (χ4v) is 1.41. The molecule has 0 heterocycles. The number of benzene rings is 1. The highest BCUT2D eigenvalue weighted by Gasteiger charge is 2.29. The maximum Gasteiger partial charge on any atom is 0.304 e. The van der Waals surface area contributed by atoms with Crippen molar-refractivity contribution in [3.63, 3.8) is 0 Å². The van der Waals surface area contributed by atoms with Crippen molar-refractivity contribution in [1.29, 1.82) is 0 Å². The van der Waals surface area contributed by atoms with Gasteiger partial charge in [-0.15, -0.1) is 4.91 Å². The fourth-order valence-electron chi connectivity index (χ4n) is 1.41. The van der Waals surface area contributed by atoms with Crippen LogP contribution in [0.15, 0.2) is 11.4 Å². The van der Waals surface area contributed by atoms with E-state index in [1.807, 2.05) is 0 Å². The first-order chi connectivity index (χ1) is 7.90. The fraction of sp³-hybridized carbons (Fsp3) is 0.250. The lowest BCUT2D eigenvalue weighted by Gasteiger charge is -2.06. The summed E-state index contributed by atoms with van der Waals surface area (Å²) in [6.07, 6.45) is 0. The molecule has 0 amide bonds. The highest BCUT2D eigenvalue weighted by molar-refractivity contribution is 5.77. The first-order valence-corrected chi connectivity index (χ1v) is 4.41. The van der Waals surface area contributed by atoms with Gasteiger partial charge in [0.15, 0.2) is 0 Å². The molecule has 0 radical (unpaired) electrons. The lowest BCUT2D eigenvalue weighted by molar-refractivity contribution is -0.392. The molecule has 1 N–H and O–H groups in total. The van der Waals surface area contributed by atoms with E-state index < -0.39 is 26.9 Å². The van der Waals surface area contributed by atoms with Crippen LogP contribution in [0.4, 0.5) is 17.1 Å². The monoisotopic (exact) mass is 240 g/mol. The number of nitrogens with one attached hydrogen (secondary N) is 1. The van der Waals surface area contributed by atoms with Gasteiger partial charge >= 0.3 is 11.4 Å². The van der Waals surface area contributed by atoms with E-state index in [9.17, 15) is 25.1 Å². The van der Waals surface area contributed by atoms with Crippen LogP contribution in [0.5, 0.6) is 0 Å². The van der Waals surface area contributed by atoms with Crippen molar-refractivity contribution in [3.05, 3.63) is 42.3 Å². The van der Waals surface area contributed by atoms with Crippen LogP contribution in [0.2, 0.25) is 0 Å². The van der Waals surface area contributed by atoms with Crippen LogP contribution in [0.3, 0.4) is 0 Å². The summed E-state index contributed by atoms with van der Waals surface area (Å²) in [5.74, 6) is 0. The highest BCUT2D eigenvalue weighted by Crippen LogP contribution is 2.38.